The van der Waals surface area contributed by atoms with Crippen molar-refractivity contribution in [1.29, 1.82) is 0 Å². The molecule has 0 spiro atoms. The number of amides is 4. The minimum absolute atomic E-state index is 0.115. The highest BCUT2D eigenvalue weighted by molar-refractivity contribution is 6.20. The predicted octanol–water partition coefficient (Wildman–Crippen LogP) is 3.49. The molecule has 8 nitrogen and oxygen atoms in total. The molecule has 0 saturated heterocycles. The quantitative estimate of drug-likeness (QED) is 0.621. The molecule has 1 N–H and O–H groups in total. The maximum Gasteiger partial charge on any atom is 0.260 e. The lowest BCUT2D eigenvalue weighted by atomic mass is 9.85. The van der Waals surface area contributed by atoms with Crippen LogP contribution < -0.4 is 5.32 Å². The minimum atomic E-state index is -0.200. The van der Waals surface area contributed by atoms with Gasteiger partial charge >= 0.3 is 0 Å². The predicted molar refractivity (Wildman–Crippen MR) is 137 cm³/mol. The van der Waals surface area contributed by atoms with E-state index in [1.54, 1.807) is 35.8 Å². The van der Waals surface area contributed by atoms with Crippen molar-refractivity contribution < 1.29 is 19.2 Å². The number of allylic oxidation sites excluding steroid dienone is 4. The Morgan fingerprint density at radius 2 is 1.08 bits per heavy atom. The van der Waals surface area contributed by atoms with Gasteiger partial charge in [-0.2, -0.15) is 0 Å². The van der Waals surface area contributed by atoms with Gasteiger partial charge in [0.05, 0.1) is 22.3 Å². The van der Waals surface area contributed by atoms with Gasteiger partial charge in [0.25, 0.3) is 23.6 Å². The molecule has 37 heavy (non-hydrogen) atoms. The lowest BCUT2D eigenvalue weighted by Crippen LogP contribution is -2.30. The monoisotopic (exact) mass is 504 g/mol. The number of hydrogen-bond donors (Lipinski definition) is 1. The summed E-state index contributed by atoms with van der Waals surface area (Å²) >= 11 is 0. The number of likely N-dealkylation sites (N-methyl/N-ethyl adjacent to an activating group) is 3. The van der Waals surface area contributed by atoms with Crippen molar-refractivity contribution in [2.45, 2.75) is 77.0 Å². The molecule has 2 aliphatic carbocycles. The van der Waals surface area contributed by atoms with Gasteiger partial charge in [0.15, 0.2) is 0 Å². The molecule has 0 aromatic heterocycles. The van der Waals surface area contributed by atoms with E-state index in [4.69, 9.17) is 0 Å². The van der Waals surface area contributed by atoms with Gasteiger partial charge in [0, 0.05) is 49.8 Å². The van der Waals surface area contributed by atoms with Crippen LogP contribution in [0.25, 0.3) is 0 Å². The number of rotatable bonds is 5. The summed E-state index contributed by atoms with van der Waals surface area (Å²) in [5.41, 5.74) is 5.18. The summed E-state index contributed by atoms with van der Waals surface area (Å²) < 4.78 is 0. The van der Waals surface area contributed by atoms with Crippen LogP contribution in [0.1, 0.15) is 77.0 Å². The summed E-state index contributed by atoms with van der Waals surface area (Å²) in [7, 11) is 5.25. The maximum absolute atomic E-state index is 13.4. The molecule has 0 atom stereocenters. The first-order valence-corrected chi connectivity index (χ1v) is 13.9. The van der Waals surface area contributed by atoms with Crippen LogP contribution >= 0.6 is 0 Å². The van der Waals surface area contributed by atoms with E-state index in [1.807, 2.05) is 0 Å². The second-order valence-electron chi connectivity index (χ2n) is 11.4. The van der Waals surface area contributed by atoms with Gasteiger partial charge in [-0.3, -0.25) is 19.2 Å². The van der Waals surface area contributed by atoms with E-state index in [0.29, 0.717) is 46.5 Å². The second kappa shape index (κ2) is 8.99. The van der Waals surface area contributed by atoms with E-state index in [2.05, 4.69) is 5.32 Å². The molecule has 4 aliphatic heterocycles. The molecule has 196 valence electrons. The van der Waals surface area contributed by atoms with Gasteiger partial charge in [-0.05, 0) is 44.4 Å². The van der Waals surface area contributed by atoms with Crippen molar-refractivity contribution >= 4 is 23.6 Å². The van der Waals surface area contributed by atoms with Gasteiger partial charge in [-0.25, -0.2) is 0 Å². The first-order chi connectivity index (χ1) is 17.8. The smallest absolute Gasteiger partial charge is 0.260 e. The Bertz CT molecular complexity index is 1240. The molecule has 0 aromatic carbocycles. The van der Waals surface area contributed by atoms with Crippen LogP contribution in [0.2, 0.25) is 0 Å². The standard InChI is InChI=1S/C29H36N4O4/c1-31-18(20-22(28(31)36)24(30-26(20)34)16-10-6-4-7-11-16)14-15-19-21-23(29(37)32(19)2)25(33(3)27(21)35)17-12-8-5-9-13-17/h16-17H,4-15H2,1-3H3,(H,30,34). The highest BCUT2D eigenvalue weighted by atomic mass is 16.2. The summed E-state index contributed by atoms with van der Waals surface area (Å²) in [6.45, 7) is 0. The van der Waals surface area contributed by atoms with Crippen molar-refractivity contribution in [3.8, 4) is 0 Å². The van der Waals surface area contributed by atoms with E-state index in [9.17, 15) is 19.2 Å². The number of carbonyl (C=O) groups is 4. The summed E-state index contributed by atoms with van der Waals surface area (Å²) in [6, 6.07) is 0. The lowest BCUT2D eigenvalue weighted by Gasteiger charge is -2.28. The maximum atomic E-state index is 13.4. The molecule has 2 fully saturated rings. The summed E-state index contributed by atoms with van der Waals surface area (Å²) in [5, 5.41) is 3.03. The SMILES string of the molecule is CN1C(=O)C2=C(C3CCCCC3)NC(=O)C2=C1CCC1=C2C(=O)N(C)C(C3CCCCC3)=C2C(=O)N1C. The van der Waals surface area contributed by atoms with E-state index in [-0.39, 0.29) is 35.5 Å². The molecule has 0 aromatic rings. The number of hydrogen-bond acceptors (Lipinski definition) is 4. The third-order valence-corrected chi connectivity index (χ3v) is 9.41. The van der Waals surface area contributed by atoms with Gasteiger partial charge in [0.2, 0.25) is 0 Å². The Kier molecular flexibility index (Phi) is 5.88. The fourth-order valence-electron chi connectivity index (χ4n) is 7.45. The topological polar surface area (TPSA) is 90.0 Å². The Morgan fingerprint density at radius 3 is 1.68 bits per heavy atom. The molecule has 8 heteroatoms. The Morgan fingerprint density at radius 1 is 0.595 bits per heavy atom. The normalized spacial score (nSPS) is 25.5. The van der Waals surface area contributed by atoms with Crippen molar-refractivity contribution in [2.24, 2.45) is 11.8 Å². The third kappa shape index (κ3) is 3.55. The summed E-state index contributed by atoms with van der Waals surface area (Å²) in [5.74, 6) is -0.0968. The van der Waals surface area contributed by atoms with Crippen molar-refractivity contribution in [1.82, 2.24) is 20.0 Å². The molecule has 4 amide bonds. The highest BCUT2D eigenvalue weighted by Crippen LogP contribution is 2.46. The van der Waals surface area contributed by atoms with Gasteiger partial charge in [-0.1, -0.05) is 38.5 Å². The average molecular weight is 505 g/mol. The van der Waals surface area contributed by atoms with Crippen LogP contribution in [0, 0.1) is 11.8 Å². The Hall–Kier alpha value is -3.16. The van der Waals surface area contributed by atoms with Crippen LogP contribution in [0.4, 0.5) is 0 Å². The number of fused-ring (bicyclic) bond motifs is 2. The summed E-state index contributed by atoms with van der Waals surface area (Å²) in [6.07, 6.45) is 11.7. The van der Waals surface area contributed by atoms with E-state index in [1.165, 1.54) is 12.8 Å². The molecule has 0 unspecified atom stereocenters. The Labute approximate surface area is 218 Å². The van der Waals surface area contributed by atoms with Crippen molar-refractivity contribution in [3.05, 3.63) is 45.1 Å². The van der Waals surface area contributed by atoms with E-state index in [0.717, 1.165) is 62.8 Å². The van der Waals surface area contributed by atoms with Crippen molar-refractivity contribution in [3.63, 3.8) is 0 Å². The van der Waals surface area contributed by atoms with Crippen LogP contribution in [0.5, 0.6) is 0 Å². The van der Waals surface area contributed by atoms with Crippen LogP contribution in [-0.2, 0) is 19.2 Å². The number of carbonyl (C=O) groups excluding carboxylic acids is 4. The van der Waals surface area contributed by atoms with Crippen LogP contribution in [0.3, 0.4) is 0 Å². The fourth-order valence-corrected chi connectivity index (χ4v) is 7.45. The van der Waals surface area contributed by atoms with E-state index < -0.39 is 0 Å². The molecule has 4 heterocycles. The van der Waals surface area contributed by atoms with E-state index >= 15 is 0 Å². The molecule has 0 radical (unpaired) electrons. The second-order valence-corrected chi connectivity index (χ2v) is 11.4. The van der Waals surface area contributed by atoms with Crippen LogP contribution in [0.15, 0.2) is 45.1 Å². The van der Waals surface area contributed by atoms with Gasteiger partial charge in [-0.15, -0.1) is 0 Å². The van der Waals surface area contributed by atoms with Gasteiger partial charge in [0.1, 0.15) is 0 Å². The zero-order chi connectivity index (χ0) is 26.0. The first-order valence-electron chi connectivity index (χ1n) is 13.9. The Balaban J connectivity index is 1.34. The lowest BCUT2D eigenvalue weighted by molar-refractivity contribution is -0.124. The zero-order valence-electron chi connectivity index (χ0n) is 22.1. The average Bonchev–Trinajstić information content (AvgIpc) is 3.55. The minimum Gasteiger partial charge on any atom is -0.325 e. The first kappa shape index (κ1) is 24.2. The molecule has 6 aliphatic rings. The number of nitrogens with zero attached hydrogens (tertiary/aromatic N) is 3. The molecular weight excluding hydrogens is 468 g/mol. The van der Waals surface area contributed by atoms with Gasteiger partial charge < -0.3 is 20.0 Å². The number of nitrogens with one attached hydrogen (secondary N) is 1. The molecule has 6 rings (SSSR count). The molecular formula is C29H36N4O4. The van der Waals surface area contributed by atoms with Crippen molar-refractivity contribution in [2.75, 3.05) is 21.1 Å². The highest BCUT2D eigenvalue weighted by Gasteiger charge is 2.48. The van der Waals surface area contributed by atoms with Crippen LogP contribution in [-0.4, -0.2) is 59.5 Å². The fraction of sp³-hybridized carbons (Fsp3) is 0.586. The largest absolute Gasteiger partial charge is 0.325 e. The molecule has 2 saturated carbocycles. The summed E-state index contributed by atoms with van der Waals surface area (Å²) in [4.78, 5) is 58.1. The third-order valence-electron chi connectivity index (χ3n) is 9.41. The molecule has 0 bridgehead atoms. The zero-order valence-corrected chi connectivity index (χ0v) is 22.1.